The highest BCUT2D eigenvalue weighted by molar-refractivity contribution is 6.00. The minimum atomic E-state index is -0.772. The average Bonchev–Trinajstić information content (AvgIpc) is 4.20. The van der Waals surface area contributed by atoms with E-state index in [0.29, 0.717) is 118 Å². The van der Waals surface area contributed by atoms with Crippen molar-refractivity contribution in [3.05, 3.63) is 107 Å². The number of benzene rings is 2. The predicted molar refractivity (Wildman–Crippen MR) is 311 cm³/mol. The minimum absolute atomic E-state index is 0.0988. The van der Waals surface area contributed by atoms with E-state index in [4.69, 9.17) is 14.5 Å². The SMILES string of the molecule is CCOc1cc(-c2ccc(N3CCC(CN4CCN(C(=O)CCCCCCCCCCCCNC)CC4)(NC(=O)c4cc(F)ccc4F)CC3)nc2)c2c(C#N)cnn2c1.CNC(=O)CCC(C=O)N1Cc2c(OCC=O)cccc2C1=O. The maximum Gasteiger partial charge on any atom is 0.255 e. The lowest BCUT2D eigenvalue weighted by atomic mass is 9.86. The van der Waals surface area contributed by atoms with Gasteiger partial charge in [-0.2, -0.15) is 10.4 Å². The van der Waals surface area contributed by atoms with Gasteiger partial charge in [0.25, 0.3) is 11.8 Å². The van der Waals surface area contributed by atoms with Crippen LogP contribution in [0.25, 0.3) is 16.6 Å². The molecule has 5 aromatic rings. The van der Waals surface area contributed by atoms with Gasteiger partial charge in [-0.3, -0.25) is 28.9 Å². The Labute approximate surface area is 485 Å². The van der Waals surface area contributed by atoms with E-state index in [1.165, 1.54) is 69.5 Å². The highest BCUT2D eigenvalue weighted by Gasteiger charge is 2.40. The van der Waals surface area contributed by atoms with Crippen LogP contribution in [0.4, 0.5) is 14.6 Å². The Hall–Kier alpha value is -7.83. The number of carbonyl (C=O) groups excluding carboxylic acids is 6. The van der Waals surface area contributed by atoms with Gasteiger partial charge >= 0.3 is 0 Å². The van der Waals surface area contributed by atoms with Crippen molar-refractivity contribution in [2.45, 2.75) is 121 Å². The second-order valence-corrected chi connectivity index (χ2v) is 21.4. The van der Waals surface area contributed by atoms with Crippen LogP contribution >= 0.6 is 0 Å². The number of amides is 4. The Morgan fingerprint density at radius 1 is 0.843 bits per heavy atom. The summed E-state index contributed by atoms with van der Waals surface area (Å²) in [6.45, 7) is 7.85. The van der Waals surface area contributed by atoms with Crippen molar-refractivity contribution in [3.63, 3.8) is 0 Å². The van der Waals surface area contributed by atoms with Crippen LogP contribution in [0.15, 0.2) is 73.2 Å². The van der Waals surface area contributed by atoms with Gasteiger partial charge < -0.3 is 44.9 Å². The van der Waals surface area contributed by atoms with Crippen LogP contribution in [-0.2, 0) is 25.7 Å². The summed E-state index contributed by atoms with van der Waals surface area (Å²) in [5.74, 6) is -0.493. The van der Waals surface area contributed by atoms with Gasteiger partial charge in [0.1, 0.15) is 47.9 Å². The third-order valence-electron chi connectivity index (χ3n) is 15.8. The van der Waals surface area contributed by atoms with Crippen molar-refractivity contribution in [1.82, 2.24) is 45.2 Å². The summed E-state index contributed by atoms with van der Waals surface area (Å²) in [7, 11) is 3.52. The fourth-order valence-corrected chi connectivity index (χ4v) is 11.1. The molecule has 3 N–H and O–H groups in total. The first kappa shape index (κ1) is 62.8. The number of anilines is 1. The molecule has 4 amide bonds. The number of hydrogen-bond donors (Lipinski definition) is 3. The largest absolute Gasteiger partial charge is 0.492 e. The molecule has 3 aromatic heterocycles. The molecular formula is C62H79F2N11O8. The van der Waals surface area contributed by atoms with E-state index < -0.39 is 29.1 Å². The van der Waals surface area contributed by atoms with E-state index in [2.05, 4.69) is 36.9 Å². The number of rotatable bonds is 29. The van der Waals surface area contributed by atoms with E-state index in [9.17, 15) is 42.8 Å². The molecule has 19 nitrogen and oxygen atoms in total. The second kappa shape index (κ2) is 31.6. The van der Waals surface area contributed by atoms with E-state index in [1.54, 1.807) is 35.1 Å². The van der Waals surface area contributed by atoms with Crippen LogP contribution in [0.2, 0.25) is 0 Å². The molecule has 21 heteroatoms. The number of nitrogens with zero attached hydrogens (tertiary/aromatic N) is 8. The molecule has 2 saturated heterocycles. The zero-order valence-corrected chi connectivity index (χ0v) is 48.1. The summed E-state index contributed by atoms with van der Waals surface area (Å²) in [5, 5.41) is 22.9. The lowest BCUT2D eigenvalue weighted by Gasteiger charge is -2.46. The first-order chi connectivity index (χ1) is 40.3. The fourth-order valence-electron chi connectivity index (χ4n) is 11.1. The minimum Gasteiger partial charge on any atom is -0.492 e. The van der Waals surface area contributed by atoms with Crippen LogP contribution in [0.1, 0.15) is 135 Å². The quantitative estimate of drug-likeness (QED) is 0.0309. The normalized spacial score (nSPS) is 15.2. The van der Waals surface area contributed by atoms with E-state index in [1.807, 2.05) is 37.1 Å². The molecule has 0 bridgehead atoms. The Morgan fingerprint density at radius 2 is 1.57 bits per heavy atom. The van der Waals surface area contributed by atoms with Gasteiger partial charge in [-0.25, -0.2) is 18.3 Å². The maximum absolute atomic E-state index is 14.8. The molecular weight excluding hydrogens is 1060 g/mol. The van der Waals surface area contributed by atoms with Crippen molar-refractivity contribution in [2.75, 3.05) is 84.6 Å². The highest BCUT2D eigenvalue weighted by atomic mass is 19.1. The van der Waals surface area contributed by atoms with Gasteiger partial charge in [-0.05, 0) is 101 Å². The molecule has 2 aromatic carbocycles. The summed E-state index contributed by atoms with van der Waals surface area (Å²) in [4.78, 5) is 85.0. The van der Waals surface area contributed by atoms with Crippen LogP contribution in [0, 0.1) is 23.0 Å². The number of unbranched alkanes of at least 4 members (excludes halogenated alkanes) is 9. The van der Waals surface area contributed by atoms with Gasteiger partial charge in [-0.15, -0.1) is 0 Å². The number of aromatic nitrogens is 3. The molecule has 0 saturated carbocycles. The number of piperazine rings is 1. The van der Waals surface area contributed by atoms with Gasteiger partial charge in [0.15, 0.2) is 6.29 Å². The average molecular weight is 1140 g/mol. The fraction of sp³-hybridized carbons (Fsp3) is 0.500. The lowest BCUT2D eigenvalue weighted by molar-refractivity contribution is -0.133. The van der Waals surface area contributed by atoms with Crippen LogP contribution in [0.5, 0.6) is 11.5 Å². The smallest absolute Gasteiger partial charge is 0.255 e. The zero-order chi connectivity index (χ0) is 59.1. The van der Waals surface area contributed by atoms with Crippen molar-refractivity contribution in [1.29, 1.82) is 5.26 Å². The van der Waals surface area contributed by atoms with Crippen molar-refractivity contribution in [2.24, 2.45) is 0 Å². The van der Waals surface area contributed by atoms with Gasteiger partial charge in [0, 0.05) is 94.2 Å². The van der Waals surface area contributed by atoms with Gasteiger partial charge in [0.2, 0.25) is 11.8 Å². The van der Waals surface area contributed by atoms with Gasteiger partial charge in [0.05, 0.1) is 53.8 Å². The summed E-state index contributed by atoms with van der Waals surface area (Å²) < 4.78 is 41.7. The number of aldehydes is 2. The number of fused-ring (bicyclic) bond motifs is 2. The number of carbonyl (C=O) groups is 6. The van der Waals surface area contributed by atoms with Crippen LogP contribution < -0.4 is 30.3 Å². The summed E-state index contributed by atoms with van der Waals surface area (Å²) in [6.07, 6.45) is 20.6. The molecule has 2 fully saturated rings. The summed E-state index contributed by atoms with van der Waals surface area (Å²) in [6, 6.07) is 15.3. The molecule has 444 valence electrons. The number of hydrogen-bond acceptors (Lipinski definition) is 14. The summed E-state index contributed by atoms with van der Waals surface area (Å²) in [5.41, 5.74) is 2.80. The number of halogens is 2. The molecule has 1 unspecified atom stereocenters. The van der Waals surface area contributed by atoms with E-state index in [-0.39, 0.29) is 49.3 Å². The topological polar surface area (TPSA) is 224 Å². The van der Waals surface area contributed by atoms with Gasteiger partial charge in [-0.1, -0.05) is 57.4 Å². The standard InChI is InChI=1S/C46H61F2N9O3.C16H18N2O5/c1-3-60-38-29-39(44-36(30-49)32-52-57(44)33-38)35-15-18-42(51-31-35)55-22-19-46(20-23-55,53-45(59)40-28-37(47)16-17-41(40)48)34-54-24-26-56(27-25-54)43(58)14-12-10-8-6-4-5-7-9-11-13-21-50-2;1-17-15(21)6-5-11(10-20)18-9-13-12(16(18)22)3-2-4-14(13)23-8-7-19/h15-18,28-29,31-33,50H,3-14,19-27,34H2,1-2H3,(H,53,59);2-4,7,10-11H,5-6,8-9H2,1H3,(H,17,21). The van der Waals surface area contributed by atoms with E-state index >= 15 is 0 Å². The molecule has 0 radical (unpaired) electrons. The van der Waals surface area contributed by atoms with Crippen molar-refractivity contribution < 1.29 is 47.0 Å². The van der Waals surface area contributed by atoms with E-state index in [0.717, 1.165) is 54.5 Å². The van der Waals surface area contributed by atoms with Crippen molar-refractivity contribution >= 4 is 47.5 Å². The lowest BCUT2D eigenvalue weighted by Crippen LogP contribution is -2.62. The first-order valence-electron chi connectivity index (χ1n) is 29.2. The van der Waals surface area contributed by atoms with Crippen molar-refractivity contribution in [3.8, 4) is 28.7 Å². The molecule has 0 spiro atoms. The summed E-state index contributed by atoms with van der Waals surface area (Å²) >= 11 is 0. The third kappa shape index (κ3) is 17.1. The van der Waals surface area contributed by atoms with Crippen LogP contribution in [0.3, 0.4) is 0 Å². The Balaban J connectivity index is 0.000000359. The molecule has 1 atom stereocenters. The molecule has 83 heavy (non-hydrogen) atoms. The number of nitriles is 1. The molecule has 3 aliphatic heterocycles. The van der Waals surface area contributed by atoms with Crippen LogP contribution in [-0.4, -0.2) is 157 Å². The number of pyridine rings is 2. The number of ether oxygens (including phenoxy) is 2. The Kier molecular flexibility index (Phi) is 23.9. The number of nitrogens with one attached hydrogen (secondary N) is 3. The monoisotopic (exact) mass is 1140 g/mol. The molecule has 8 rings (SSSR count). The Bertz CT molecular complexity index is 3030. The maximum atomic E-state index is 14.8. The Morgan fingerprint density at radius 3 is 2.22 bits per heavy atom. The molecule has 3 aliphatic rings. The zero-order valence-electron chi connectivity index (χ0n) is 48.1. The molecule has 0 aliphatic carbocycles. The molecule has 6 heterocycles. The first-order valence-corrected chi connectivity index (χ1v) is 29.2. The highest BCUT2D eigenvalue weighted by Crippen LogP contribution is 2.35. The number of piperidine rings is 1. The second-order valence-electron chi connectivity index (χ2n) is 21.4. The third-order valence-corrected chi connectivity index (χ3v) is 15.8. The predicted octanol–water partition coefficient (Wildman–Crippen LogP) is 7.68.